The number of ether oxygens (including phenoxy) is 1. The number of anilines is 2. The highest BCUT2D eigenvalue weighted by molar-refractivity contribution is 6.30. The second kappa shape index (κ2) is 9.39. The van der Waals surface area contributed by atoms with Crippen molar-refractivity contribution in [3.05, 3.63) is 88.4 Å². The van der Waals surface area contributed by atoms with Gasteiger partial charge in [-0.2, -0.15) is 0 Å². The largest absolute Gasteiger partial charge is 0.481 e. The molecule has 3 aromatic rings. The van der Waals surface area contributed by atoms with Gasteiger partial charge in [-0.3, -0.25) is 4.79 Å². The molecule has 3 aromatic carbocycles. The van der Waals surface area contributed by atoms with Crippen molar-refractivity contribution in [3.63, 3.8) is 0 Å². The normalized spacial score (nSPS) is 19.4. The first-order valence-corrected chi connectivity index (χ1v) is 11.9. The van der Waals surface area contributed by atoms with Crippen molar-refractivity contribution in [3.8, 4) is 5.75 Å². The molecule has 1 aliphatic carbocycles. The van der Waals surface area contributed by atoms with Crippen LogP contribution in [0.25, 0.3) is 0 Å². The van der Waals surface area contributed by atoms with E-state index >= 15 is 0 Å². The van der Waals surface area contributed by atoms with E-state index in [1.54, 1.807) is 37.3 Å². The number of amides is 3. The molecular weight excluding hydrogens is 450 g/mol. The lowest BCUT2D eigenvalue weighted by atomic mass is 9.86. The Labute approximate surface area is 203 Å². The molecule has 0 saturated heterocycles. The van der Waals surface area contributed by atoms with Crippen LogP contribution in [0.15, 0.2) is 66.7 Å². The lowest BCUT2D eigenvalue weighted by Gasteiger charge is -2.35. The van der Waals surface area contributed by atoms with Crippen LogP contribution in [-0.2, 0) is 17.8 Å². The fourth-order valence-corrected chi connectivity index (χ4v) is 5.00. The van der Waals surface area contributed by atoms with Gasteiger partial charge in [-0.05, 0) is 73.7 Å². The van der Waals surface area contributed by atoms with Gasteiger partial charge in [0.25, 0.3) is 5.91 Å². The summed E-state index contributed by atoms with van der Waals surface area (Å²) in [4.78, 5) is 27.8. The summed E-state index contributed by atoms with van der Waals surface area (Å²) in [6.07, 6.45) is 2.41. The van der Waals surface area contributed by atoms with E-state index in [-0.39, 0.29) is 18.0 Å². The summed E-state index contributed by atoms with van der Waals surface area (Å²) in [5.41, 5.74) is 4.60. The summed E-state index contributed by atoms with van der Waals surface area (Å²) >= 11 is 6.00. The molecule has 0 unspecified atom stereocenters. The number of urea groups is 1. The zero-order valence-corrected chi connectivity index (χ0v) is 19.6. The number of aryl methyl sites for hydroxylation is 1. The van der Waals surface area contributed by atoms with Gasteiger partial charge in [-0.25, -0.2) is 4.79 Å². The first kappa shape index (κ1) is 22.3. The standard InChI is InChI=1S/C27H26ClN3O3/c1-17-26(32)31(24-11-4-7-18-6-2-3-10-23(18)24)16-19-14-22(12-13-25(19)34-17)30-27(33)29-21-9-5-8-20(28)15-21/h2-3,5-6,8-10,12-15,17,24H,4,7,11,16H2,1H3,(H2,29,30,33)/t17-,24+/m1/s1. The minimum atomic E-state index is -0.583. The van der Waals surface area contributed by atoms with Gasteiger partial charge in [0.2, 0.25) is 0 Å². The van der Waals surface area contributed by atoms with Crippen LogP contribution in [0.1, 0.15) is 42.5 Å². The predicted octanol–water partition coefficient (Wildman–Crippen LogP) is 6.17. The van der Waals surface area contributed by atoms with E-state index in [2.05, 4.69) is 28.8 Å². The van der Waals surface area contributed by atoms with Crippen molar-refractivity contribution in [2.45, 2.75) is 44.9 Å². The highest BCUT2D eigenvalue weighted by Gasteiger charge is 2.35. The highest BCUT2D eigenvalue weighted by Crippen LogP contribution is 2.38. The average Bonchev–Trinajstić information content (AvgIpc) is 2.94. The van der Waals surface area contributed by atoms with E-state index < -0.39 is 6.10 Å². The van der Waals surface area contributed by atoms with Gasteiger partial charge >= 0.3 is 6.03 Å². The van der Waals surface area contributed by atoms with Crippen LogP contribution >= 0.6 is 11.6 Å². The van der Waals surface area contributed by atoms with Crippen molar-refractivity contribution < 1.29 is 14.3 Å². The molecule has 174 valence electrons. The molecule has 5 rings (SSSR count). The van der Waals surface area contributed by atoms with Gasteiger partial charge in [0.1, 0.15) is 5.75 Å². The Morgan fingerprint density at radius 3 is 2.62 bits per heavy atom. The van der Waals surface area contributed by atoms with Gasteiger partial charge in [0.05, 0.1) is 12.6 Å². The molecule has 0 saturated carbocycles. The van der Waals surface area contributed by atoms with Crippen molar-refractivity contribution in [1.82, 2.24) is 4.90 Å². The lowest BCUT2D eigenvalue weighted by molar-refractivity contribution is -0.140. The number of carbonyl (C=O) groups excluding carboxylic acids is 2. The van der Waals surface area contributed by atoms with E-state index in [1.807, 2.05) is 23.1 Å². The molecule has 1 heterocycles. The molecular formula is C27H26ClN3O3. The van der Waals surface area contributed by atoms with Gasteiger partial charge in [0.15, 0.2) is 6.10 Å². The summed E-state index contributed by atoms with van der Waals surface area (Å²) in [6.45, 7) is 2.21. The van der Waals surface area contributed by atoms with Crippen LogP contribution in [0.3, 0.4) is 0 Å². The average molecular weight is 476 g/mol. The molecule has 2 atom stereocenters. The molecule has 1 aliphatic heterocycles. The van der Waals surface area contributed by atoms with Crippen LogP contribution in [0.4, 0.5) is 16.2 Å². The molecule has 7 heteroatoms. The zero-order chi connectivity index (χ0) is 23.7. The number of fused-ring (bicyclic) bond motifs is 2. The monoisotopic (exact) mass is 475 g/mol. The molecule has 0 bridgehead atoms. The molecule has 34 heavy (non-hydrogen) atoms. The Morgan fingerprint density at radius 2 is 1.79 bits per heavy atom. The Kier molecular flexibility index (Phi) is 6.16. The first-order chi connectivity index (χ1) is 16.5. The predicted molar refractivity (Wildman–Crippen MR) is 133 cm³/mol. The molecule has 6 nitrogen and oxygen atoms in total. The first-order valence-electron chi connectivity index (χ1n) is 11.5. The van der Waals surface area contributed by atoms with E-state index in [9.17, 15) is 9.59 Å². The maximum Gasteiger partial charge on any atom is 0.323 e. The minimum Gasteiger partial charge on any atom is -0.481 e. The number of halogens is 1. The summed E-state index contributed by atoms with van der Waals surface area (Å²) in [5.74, 6) is 0.638. The maximum absolute atomic E-state index is 13.3. The van der Waals surface area contributed by atoms with Gasteiger partial charge in [-0.1, -0.05) is 41.9 Å². The number of benzene rings is 3. The van der Waals surface area contributed by atoms with Crippen molar-refractivity contribution in [1.29, 1.82) is 0 Å². The zero-order valence-electron chi connectivity index (χ0n) is 18.9. The van der Waals surface area contributed by atoms with Crippen LogP contribution in [0, 0.1) is 0 Å². The van der Waals surface area contributed by atoms with Crippen LogP contribution < -0.4 is 15.4 Å². The Bertz CT molecular complexity index is 1250. The van der Waals surface area contributed by atoms with Crippen LogP contribution in [0.5, 0.6) is 5.75 Å². The summed E-state index contributed by atoms with van der Waals surface area (Å²) in [5, 5.41) is 6.18. The third kappa shape index (κ3) is 4.59. The van der Waals surface area contributed by atoms with E-state index in [0.29, 0.717) is 28.7 Å². The fourth-order valence-electron chi connectivity index (χ4n) is 4.81. The number of nitrogens with one attached hydrogen (secondary N) is 2. The lowest BCUT2D eigenvalue weighted by Crippen LogP contribution is -2.41. The number of hydrogen-bond acceptors (Lipinski definition) is 3. The second-order valence-electron chi connectivity index (χ2n) is 8.75. The Hall–Kier alpha value is -3.51. The summed E-state index contributed by atoms with van der Waals surface area (Å²) in [6, 6.07) is 20.4. The molecule has 3 amide bonds. The molecule has 2 aliphatic rings. The van der Waals surface area contributed by atoms with E-state index in [4.69, 9.17) is 16.3 Å². The molecule has 0 radical (unpaired) electrons. The van der Waals surface area contributed by atoms with E-state index in [1.165, 1.54) is 11.1 Å². The quantitative estimate of drug-likeness (QED) is 0.475. The smallest absolute Gasteiger partial charge is 0.323 e. The third-order valence-electron chi connectivity index (χ3n) is 6.39. The number of rotatable bonds is 3. The minimum absolute atomic E-state index is 0.0113. The molecule has 0 spiro atoms. The maximum atomic E-state index is 13.3. The van der Waals surface area contributed by atoms with Crippen molar-refractivity contribution in [2.75, 3.05) is 10.6 Å². The van der Waals surface area contributed by atoms with Crippen LogP contribution in [-0.4, -0.2) is 22.9 Å². The highest BCUT2D eigenvalue weighted by atomic mass is 35.5. The fraction of sp³-hybridized carbons (Fsp3) is 0.259. The summed E-state index contributed by atoms with van der Waals surface area (Å²) in [7, 11) is 0. The van der Waals surface area contributed by atoms with E-state index in [0.717, 1.165) is 24.8 Å². The third-order valence-corrected chi connectivity index (χ3v) is 6.63. The van der Waals surface area contributed by atoms with Crippen molar-refractivity contribution in [2.24, 2.45) is 0 Å². The topological polar surface area (TPSA) is 70.7 Å². The Morgan fingerprint density at radius 1 is 1.00 bits per heavy atom. The molecule has 2 N–H and O–H groups in total. The van der Waals surface area contributed by atoms with Gasteiger partial charge in [-0.15, -0.1) is 0 Å². The Balaban J connectivity index is 1.39. The van der Waals surface area contributed by atoms with Gasteiger partial charge < -0.3 is 20.3 Å². The SMILES string of the molecule is C[C@H]1Oc2ccc(NC(=O)Nc3cccc(Cl)c3)cc2CN([C@H]2CCCc3ccccc32)C1=O. The van der Waals surface area contributed by atoms with Crippen LogP contribution in [0.2, 0.25) is 5.02 Å². The number of nitrogens with zero attached hydrogens (tertiary/aromatic N) is 1. The molecule has 0 fully saturated rings. The second-order valence-corrected chi connectivity index (χ2v) is 9.18. The number of carbonyl (C=O) groups is 2. The van der Waals surface area contributed by atoms with Gasteiger partial charge in [0, 0.05) is 22.0 Å². The summed E-state index contributed by atoms with van der Waals surface area (Å²) < 4.78 is 6.01. The van der Waals surface area contributed by atoms with Crippen molar-refractivity contribution >= 4 is 34.9 Å². The number of hydrogen-bond donors (Lipinski definition) is 2. The molecule has 0 aromatic heterocycles.